The van der Waals surface area contributed by atoms with E-state index < -0.39 is 48.8 Å². The number of hydrogen-bond acceptors (Lipinski definition) is 9. The van der Waals surface area contributed by atoms with Gasteiger partial charge in [0.15, 0.2) is 24.6 Å². The Balaban J connectivity index is 1.67. The van der Waals surface area contributed by atoms with Gasteiger partial charge in [-0.25, -0.2) is 19.2 Å². The monoisotopic (exact) mass is 566 g/mol. The molecule has 4 aromatic carbocycles. The molecule has 0 N–H and O–H groups in total. The molecule has 0 aromatic heterocycles. The van der Waals surface area contributed by atoms with Crippen molar-refractivity contribution in [1.82, 2.24) is 0 Å². The van der Waals surface area contributed by atoms with E-state index in [1.807, 2.05) is 0 Å². The molecule has 9 heteroatoms. The number of carbonyl (C=O) groups is 5. The zero-order chi connectivity index (χ0) is 29.7. The summed E-state index contributed by atoms with van der Waals surface area (Å²) in [5.41, 5.74) is 0.613. The van der Waals surface area contributed by atoms with Gasteiger partial charge in [-0.2, -0.15) is 0 Å². The van der Waals surface area contributed by atoms with E-state index in [2.05, 4.69) is 0 Å². The zero-order valence-electron chi connectivity index (χ0n) is 22.2. The van der Waals surface area contributed by atoms with E-state index in [1.54, 1.807) is 72.8 Å². The van der Waals surface area contributed by atoms with E-state index in [0.717, 1.165) is 0 Å². The lowest BCUT2D eigenvalue weighted by atomic mass is 10.1. The molecule has 0 heterocycles. The van der Waals surface area contributed by atoms with Crippen molar-refractivity contribution in [1.29, 1.82) is 0 Å². The van der Waals surface area contributed by atoms with Gasteiger partial charge < -0.3 is 18.9 Å². The summed E-state index contributed by atoms with van der Waals surface area (Å²) in [5.74, 6) is -3.38. The third kappa shape index (κ3) is 7.98. The maximum atomic E-state index is 13.1. The molecular weight excluding hydrogens is 540 g/mol. The van der Waals surface area contributed by atoms with Gasteiger partial charge in [-0.05, 0) is 48.5 Å². The standard InChI is InChI=1S/C33H26O9/c34-21-27(40-31(36)24-15-7-2-8-16-24)29(42-33(38)26-19-11-4-12-20-26)28(41-32(37)25-17-9-3-10-18-25)22-39-30(35)23-13-5-1-6-14-23/h1-21,27-29H,22H2/t27-,28+,29+/m1/s1. The number of rotatable bonds is 12. The molecule has 0 saturated carbocycles. The molecule has 0 aliphatic rings. The number of esters is 4. The summed E-state index contributed by atoms with van der Waals surface area (Å²) >= 11 is 0. The average molecular weight is 567 g/mol. The van der Waals surface area contributed by atoms with E-state index in [1.165, 1.54) is 48.5 Å². The van der Waals surface area contributed by atoms with Gasteiger partial charge in [0.2, 0.25) is 0 Å². The first kappa shape index (κ1) is 29.4. The Hall–Kier alpha value is -5.57. The topological polar surface area (TPSA) is 122 Å². The lowest BCUT2D eigenvalue weighted by Crippen LogP contribution is -2.48. The van der Waals surface area contributed by atoms with Crippen LogP contribution in [0.1, 0.15) is 41.4 Å². The minimum atomic E-state index is -1.74. The van der Waals surface area contributed by atoms with Gasteiger partial charge >= 0.3 is 23.9 Å². The molecule has 0 amide bonds. The summed E-state index contributed by atoms with van der Waals surface area (Å²) in [4.78, 5) is 64.2. The van der Waals surface area contributed by atoms with Crippen molar-refractivity contribution >= 4 is 30.2 Å². The minimum Gasteiger partial charge on any atom is -0.458 e. The van der Waals surface area contributed by atoms with Crippen molar-refractivity contribution in [2.24, 2.45) is 0 Å². The normalized spacial score (nSPS) is 12.6. The highest BCUT2D eigenvalue weighted by Gasteiger charge is 2.40. The minimum absolute atomic E-state index is 0.121. The maximum absolute atomic E-state index is 13.1. The van der Waals surface area contributed by atoms with Gasteiger partial charge in [0, 0.05) is 0 Å². The SMILES string of the molecule is O=C[C@@H](OC(=O)c1ccccc1)[C@H](OC(=O)c1ccccc1)[C@H](COC(=O)c1ccccc1)OC(=O)c1ccccc1. The fraction of sp³-hybridized carbons (Fsp3) is 0.121. The lowest BCUT2D eigenvalue weighted by molar-refractivity contribution is -0.132. The van der Waals surface area contributed by atoms with Crippen molar-refractivity contribution in [2.75, 3.05) is 6.61 Å². The van der Waals surface area contributed by atoms with Crippen LogP contribution in [-0.4, -0.2) is 55.1 Å². The van der Waals surface area contributed by atoms with Crippen LogP contribution in [0.5, 0.6) is 0 Å². The van der Waals surface area contributed by atoms with Crippen molar-refractivity contribution in [2.45, 2.75) is 18.3 Å². The van der Waals surface area contributed by atoms with Crippen molar-refractivity contribution in [3.63, 3.8) is 0 Å². The van der Waals surface area contributed by atoms with E-state index in [0.29, 0.717) is 0 Å². The average Bonchev–Trinajstić information content (AvgIpc) is 3.05. The number of carbonyl (C=O) groups excluding carboxylic acids is 5. The maximum Gasteiger partial charge on any atom is 0.338 e. The van der Waals surface area contributed by atoms with Gasteiger partial charge in [0.05, 0.1) is 22.3 Å². The van der Waals surface area contributed by atoms with Crippen LogP contribution in [0.25, 0.3) is 0 Å². The Morgan fingerprint density at radius 2 is 0.857 bits per heavy atom. The van der Waals surface area contributed by atoms with Gasteiger partial charge in [-0.1, -0.05) is 72.8 Å². The summed E-state index contributed by atoms with van der Waals surface area (Å²) in [7, 11) is 0. The second-order valence-corrected chi connectivity index (χ2v) is 8.88. The van der Waals surface area contributed by atoms with Crippen LogP contribution in [-0.2, 0) is 23.7 Å². The molecule has 0 saturated heterocycles. The zero-order valence-corrected chi connectivity index (χ0v) is 22.2. The third-order valence-corrected chi connectivity index (χ3v) is 5.99. The van der Waals surface area contributed by atoms with Crippen molar-refractivity contribution in [3.8, 4) is 0 Å². The quantitative estimate of drug-likeness (QED) is 0.136. The van der Waals surface area contributed by atoms with Crippen molar-refractivity contribution < 1.29 is 42.9 Å². The van der Waals surface area contributed by atoms with Crippen LogP contribution in [0, 0.1) is 0 Å². The Morgan fingerprint density at radius 1 is 0.500 bits per heavy atom. The van der Waals surface area contributed by atoms with Crippen LogP contribution in [0.3, 0.4) is 0 Å². The summed E-state index contributed by atoms with van der Waals surface area (Å²) in [6.07, 6.45) is -4.74. The first-order valence-corrected chi connectivity index (χ1v) is 12.9. The predicted octanol–water partition coefficient (Wildman–Crippen LogP) is 4.72. The second-order valence-electron chi connectivity index (χ2n) is 8.88. The smallest absolute Gasteiger partial charge is 0.338 e. The highest BCUT2D eigenvalue weighted by atomic mass is 16.6. The largest absolute Gasteiger partial charge is 0.458 e. The van der Waals surface area contributed by atoms with E-state index in [4.69, 9.17) is 18.9 Å². The molecule has 0 fully saturated rings. The molecule has 4 aromatic rings. The molecule has 0 bridgehead atoms. The summed E-state index contributed by atoms with van der Waals surface area (Å²) in [6.45, 7) is -0.633. The molecule has 42 heavy (non-hydrogen) atoms. The number of aldehydes is 1. The lowest BCUT2D eigenvalue weighted by Gasteiger charge is -2.30. The van der Waals surface area contributed by atoms with Crippen molar-refractivity contribution in [3.05, 3.63) is 144 Å². The molecule has 0 aliphatic heterocycles. The summed E-state index contributed by atoms with van der Waals surface area (Å²) in [6, 6.07) is 31.7. The van der Waals surface area contributed by atoms with Gasteiger partial charge in [-0.3, -0.25) is 4.79 Å². The Bertz CT molecular complexity index is 1490. The molecule has 9 nitrogen and oxygen atoms in total. The van der Waals surface area contributed by atoms with Gasteiger partial charge in [0.1, 0.15) is 6.61 Å². The summed E-state index contributed by atoms with van der Waals surface area (Å²) in [5, 5.41) is 0. The molecule has 0 aliphatic carbocycles. The van der Waals surface area contributed by atoms with Gasteiger partial charge in [0.25, 0.3) is 0 Å². The van der Waals surface area contributed by atoms with Crippen LogP contribution in [0.4, 0.5) is 0 Å². The van der Waals surface area contributed by atoms with E-state index in [9.17, 15) is 24.0 Å². The second kappa shape index (κ2) is 14.7. The van der Waals surface area contributed by atoms with E-state index >= 15 is 0 Å². The van der Waals surface area contributed by atoms with Gasteiger partial charge in [-0.15, -0.1) is 0 Å². The number of benzene rings is 4. The third-order valence-electron chi connectivity index (χ3n) is 5.99. The molecule has 4 rings (SSSR count). The molecular formula is C33H26O9. The van der Waals surface area contributed by atoms with E-state index in [-0.39, 0.29) is 28.5 Å². The molecule has 212 valence electrons. The van der Waals surface area contributed by atoms with Crippen LogP contribution >= 0.6 is 0 Å². The van der Waals surface area contributed by atoms with Crippen LogP contribution < -0.4 is 0 Å². The highest BCUT2D eigenvalue weighted by molar-refractivity contribution is 5.92. The Labute approximate surface area is 241 Å². The molecule has 3 atom stereocenters. The highest BCUT2D eigenvalue weighted by Crippen LogP contribution is 2.19. The van der Waals surface area contributed by atoms with Crippen LogP contribution in [0.15, 0.2) is 121 Å². The molecule has 0 radical (unpaired) electrons. The first-order chi connectivity index (χ1) is 20.5. The molecule has 0 spiro atoms. The summed E-state index contributed by atoms with van der Waals surface area (Å²) < 4.78 is 22.1. The number of hydrogen-bond donors (Lipinski definition) is 0. The fourth-order valence-electron chi connectivity index (χ4n) is 3.85. The van der Waals surface area contributed by atoms with Crippen LogP contribution in [0.2, 0.25) is 0 Å². The Morgan fingerprint density at radius 3 is 1.26 bits per heavy atom. The fourth-order valence-corrected chi connectivity index (χ4v) is 3.85. The Kier molecular flexibility index (Phi) is 10.3. The first-order valence-electron chi connectivity index (χ1n) is 12.9. The molecule has 0 unspecified atom stereocenters. The predicted molar refractivity (Wildman–Crippen MR) is 150 cm³/mol. The number of ether oxygens (including phenoxy) is 4.